The van der Waals surface area contributed by atoms with Crippen molar-refractivity contribution in [1.29, 1.82) is 0 Å². The maximum absolute atomic E-state index is 8.77. The molecule has 1 aromatic carbocycles. The van der Waals surface area contributed by atoms with E-state index in [9.17, 15) is 0 Å². The van der Waals surface area contributed by atoms with Crippen LogP contribution in [-0.2, 0) is 0 Å². The van der Waals surface area contributed by atoms with Crippen molar-refractivity contribution in [3.05, 3.63) is 23.2 Å². The molecule has 0 unspecified atom stereocenters. The SMILES string of the molecule is CC.CCCCN(CCNCCO)c1ccc(NN)c(Cl)c1. The summed E-state index contributed by atoms with van der Waals surface area (Å²) in [5.41, 5.74) is 4.39. The van der Waals surface area contributed by atoms with Gasteiger partial charge < -0.3 is 20.7 Å². The lowest BCUT2D eigenvalue weighted by atomic mass is 10.2. The first-order valence-corrected chi connectivity index (χ1v) is 8.43. The number of benzene rings is 1. The van der Waals surface area contributed by atoms with Crippen LogP contribution in [0, 0.1) is 0 Å². The molecule has 128 valence electrons. The molecule has 0 radical (unpaired) electrons. The lowest BCUT2D eigenvalue weighted by Crippen LogP contribution is -2.34. The predicted molar refractivity (Wildman–Crippen MR) is 97.7 cm³/mol. The van der Waals surface area contributed by atoms with Crippen molar-refractivity contribution < 1.29 is 5.11 Å². The second-order valence-electron chi connectivity index (χ2n) is 4.62. The van der Waals surface area contributed by atoms with E-state index in [2.05, 4.69) is 22.6 Å². The zero-order chi connectivity index (χ0) is 16.8. The molecule has 1 rings (SSSR count). The number of hydrogen-bond donors (Lipinski definition) is 4. The van der Waals surface area contributed by atoms with Crippen LogP contribution in [0.4, 0.5) is 11.4 Å². The van der Waals surface area contributed by atoms with Crippen LogP contribution in [0.2, 0.25) is 5.02 Å². The number of nitrogen functional groups attached to an aromatic ring is 1. The summed E-state index contributed by atoms with van der Waals surface area (Å²) in [5, 5.41) is 12.6. The third kappa shape index (κ3) is 7.84. The highest BCUT2D eigenvalue weighted by Gasteiger charge is 2.08. The van der Waals surface area contributed by atoms with Crippen LogP contribution < -0.4 is 21.5 Å². The van der Waals surface area contributed by atoms with E-state index in [0.29, 0.717) is 11.6 Å². The topological polar surface area (TPSA) is 73.5 Å². The standard InChI is InChI=1S/C14H25ClN4O.C2H6/c1-2-3-8-19(9-6-17-7-10-20)12-4-5-14(18-16)13(15)11-12;1-2/h4-5,11,17-18,20H,2-3,6-10,16H2,1H3;1-2H3. The monoisotopic (exact) mass is 330 g/mol. The number of nitrogens with zero attached hydrogens (tertiary/aromatic N) is 1. The maximum atomic E-state index is 8.77. The number of unbranched alkanes of at least 4 members (excludes halogenated alkanes) is 1. The predicted octanol–water partition coefficient (Wildman–Crippen LogP) is 2.84. The molecule has 0 heterocycles. The maximum Gasteiger partial charge on any atom is 0.0673 e. The molecule has 6 heteroatoms. The van der Waals surface area contributed by atoms with E-state index in [4.69, 9.17) is 22.6 Å². The van der Waals surface area contributed by atoms with Crippen molar-refractivity contribution >= 4 is 23.0 Å². The average molecular weight is 331 g/mol. The van der Waals surface area contributed by atoms with Gasteiger partial charge in [0.25, 0.3) is 0 Å². The van der Waals surface area contributed by atoms with Gasteiger partial charge in [-0.3, -0.25) is 5.84 Å². The van der Waals surface area contributed by atoms with Gasteiger partial charge in [-0.25, -0.2) is 0 Å². The molecule has 1 aromatic rings. The van der Waals surface area contributed by atoms with Gasteiger partial charge in [0.05, 0.1) is 17.3 Å². The Kier molecular flexibility index (Phi) is 13.0. The van der Waals surface area contributed by atoms with E-state index in [0.717, 1.165) is 43.9 Å². The van der Waals surface area contributed by atoms with Crippen molar-refractivity contribution in [3.8, 4) is 0 Å². The molecule has 0 aliphatic heterocycles. The summed E-state index contributed by atoms with van der Waals surface area (Å²) in [6.07, 6.45) is 2.28. The van der Waals surface area contributed by atoms with Crippen LogP contribution in [0.3, 0.4) is 0 Å². The summed E-state index contributed by atoms with van der Waals surface area (Å²) >= 11 is 6.17. The molecular weight excluding hydrogens is 300 g/mol. The van der Waals surface area contributed by atoms with E-state index >= 15 is 0 Å². The Hall–Kier alpha value is -1.01. The van der Waals surface area contributed by atoms with Gasteiger partial charge in [0.1, 0.15) is 0 Å². The summed E-state index contributed by atoms with van der Waals surface area (Å²) < 4.78 is 0. The number of hydrazine groups is 1. The fourth-order valence-electron chi connectivity index (χ4n) is 1.95. The number of aliphatic hydroxyl groups is 1. The van der Waals surface area contributed by atoms with Crippen molar-refractivity contribution in [3.63, 3.8) is 0 Å². The zero-order valence-electron chi connectivity index (χ0n) is 14.0. The molecule has 0 aliphatic carbocycles. The lowest BCUT2D eigenvalue weighted by molar-refractivity contribution is 0.293. The number of nitrogens with two attached hydrogens (primary N) is 1. The van der Waals surface area contributed by atoms with E-state index in [1.54, 1.807) is 0 Å². The summed E-state index contributed by atoms with van der Waals surface area (Å²) in [6, 6.07) is 5.83. The van der Waals surface area contributed by atoms with E-state index < -0.39 is 0 Å². The average Bonchev–Trinajstić information content (AvgIpc) is 2.56. The molecule has 0 bridgehead atoms. The van der Waals surface area contributed by atoms with Crippen LogP contribution >= 0.6 is 11.6 Å². The normalized spacial score (nSPS) is 9.91. The third-order valence-corrected chi connectivity index (χ3v) is 3.41. The van der Waals surface area contributed by atoms with Crippen LogP contribution in [0.5, 0.6) is 0 Å². The first-order chi connectivity index (χ1) is 10.7. The summed E-state index contributed by atoms with van der Waals surface area (Å²) in [6.45, 7) is 9.67. The smallest absolute Gasteiger partial charge is 0.0673 e. The Balaban J connectivity index is 0.00000211. The van der Waals surface area contributed by atoms with E-state index in [-0.39, 0.29) is 6.61 Å². The minimum atomic E-state index is 0.164. The highest BCUT2D eigenvalue weighted by molar-refractivity contribution is 6.33. The zero-order valence-corrected chi connectivity index (χ0v) is 14.8. The fraction of sp³-hybridized carbons (Fsp3) is 0.625. The van der Waals surface area contributed by atoms with Crippen LogP contribution in [0.25, 0.3) is 0 Å². The first-order valence-electron chi connectivity index (χ1n) is 8.05. The van der Waals surface area contributed by atoms with Gasteiger partial charge in [-0.1, -0.05) is 38.8 Å². The molecule has 5 nitrogen and oxygen atoms in total. The van der Waals surface area contributed by atoms with Crippen molar-refractivity contribution in [2.75, 3.05) is 43.1 Å². The van der Waals surface area contributed by atoms with Gasteiger partial charge in [0, 0.05) is 31.9 Å². The van der Waals surface area contributed by atoms with Crippen molar-refractivity contribution in [2.45, 2.75) is 33.6 Å². The first kappa shape index (κ1) is 21.0. The molecular formula is C16H31ClN4O. The number of nitrogens with one attached hydrogen (secondary N) is 2. The van der Waals surface area contributed by atoms with Gasteiger partial charge in [-0.05, 0) is 24.6 Å². The van der Waals surface area contributed by atoms with Crippen LogP contribution in [0.15, 0.2) is 18.2 Å². The second kappa shape index (κ2) is 13.6. The van der Waals surface area contributed by atoms with Gasteiger partial charge in [0.2, 0.25) is 0 Å². The number of halogens is 1. The highest BCUT2D eigenvalue weighted by atomic mass is 35.5. The Bertz CT molecular complexity index is 390. The molecule has 0 aromatic heterocycles. The Morgan fingerprint density at radius 1 is 1.23 bits per heavy atom. The van der Waals surface area contributed by atoms with Gasteiger partial charge >= 0.3 is 0 Å². The molecule has 22 heavy (non-hydrogen) atoms. The van der Waals surface area contributed by atoms with Crippen LogP contribution in [-0.4, -0.2) is 37.9 Å². The molecule has 5 N–H and O–H groups in total. The molecule has 0 amide bonds. The Morgan fingerprint density at radius 3 is 2.50 bits per heavy atom. The molecule has 0 saturated heterocycles. The largest absolute Gasteiger partial charge is 0.395 e. The summed E-state index contributed by atoms with van der Waals surface area (Å²) in [7, 11) is 0. The van der Waals surface area contributed by atoms with Gasteiger partial charge in [-0.2, -0.15) is 0 Å². The molecule has 0 saturated carbocycles. The molecule has 0 spiro atoms. The number of rotatable bonds is 10. The Morgan fingerprint density at radius 2 is 1.95 bits per heavy atom. The minimum absolute atomic E-state index is 0.164. The van der Waals surface area contributed by atoms with Crippen molar-refractivity contribution in [1.82, 2.24) is 5.32 Å². The number of anilines is 2. The van der Waals surface area contributed by atoms with E-state index in [1.165, 1.54) is 0 Å². The molecule has 0 aliphatic rings. The second-order valence-corrected chi connectivity index (χ2v) is 5.03. The summed E-state index contributed by atoms with van der Waals surface area (Å²) in [5.74, 6) is 5.39. The quantitative estimate of drug-likeness (QED) is 0.301. The highest BCUT2D eigenvalue weighted by Crippen LogP contribution is 2.27. The van der Waals surface area contributed by atoms with Crippen molar-refractivity contribution in [2.24, 2.45) is 5.84 Å². The Labute approximate surface area is 139 Å². The lowest BCUT2D eigenvalue weighted by Gasteiger charge is -2.25. The van der Waals surface area contributed by atoms with Gasteiger partial charge in [0.15, 0.2) is 0 Å². The van der Waals surface area contributed by atoms with E-state index in [1.807, 2.05) is 32.0 Å². The van der Waals surface area contributed by atoms with Gasteiger partial charge in [-0.15, -0.1) is 0 Å². The fourth-order valence-corrected chi connectivity index (χ4v) is 2.18. The number of aliphatic hydroxyl groups excluding tert-OH is 1. The minimum Gasteiger partial charge on any atom is -0.395 e. The summed E-state index contributed by atoms with van der Waals surface area (Å²) in [4.78, 5) is 2.29. The third-order valence-electron chi connectivity index (χ3n) is 3.10. The number of hydrogen-bond acceptors (Lipinski definition) is 5. The molecule has 0 fully saturated rings. The van der Waals surface area contributed by atoms with Crippen LogP contribution in [0.1, 0.15) is 33.6 Å². The molecule has 0 atom stereocenters.